The topological polar surface area (TPSA) is 70.0 Å². The summed E-state index contributed by atoms with van der Waals surface area (Å²) < 4.78 is 0. The molecule has 0 aliphatic rings. The molecule has 0 unspecified atom stereocenters. The highest BCUT2D eigenvalue weighted by Crippen LogP contribution is 2.19. The number of carbonyl (C=O) groups is 2. The van der Waals surface area contributed by atoms with Gasteiger partial charge in [0, 0.05) is 11.1 Å². The summed E-state index contributed by atoms with van der Waals surface area (Å²) in [5.74, 6) is -0.997. The average molecular weight is 250 g/mol. The van der Waals surface area contributed by atoms with Gasteiger partial charge in [-0.1, -0.05) is 42.5 Å². The molecule has 0 aliphatic carbocycles. The lowest BCUT2D eigenvalue weighted by Crippen LogP contribution is -2.12. The summed E-state index contributed by atoms with van der Waals surface area (Å²) in [5.41, 5.74) is 1.22. The second-order valence-electron chi connectivity index (χ2n) is 3.81. The molecule has 0 saturated heterocycles. The molecule has 0 bridgehead atoms. The second-order valence-corrected chi connectivity index (χ2v) is 3.81. The Bertz CT molecular complexity index is 657. The van der Waals surface area contributed by atoms with Crippen LogP contribution in [0.1, 0.15) is 15.9 Å². The van der Waals surface area contributed by atoms with Crippen LogP contribution < -0.4 is 5.32 Å². The smallest absolute Gasteiger partial charge is 0.313 e. The highest BCUT2D eigenvalue weighted by Gasteiger charge is 2.14. The van der Waals surface area contributed by atoms with Gasteiger partial charge in [0.15, 0.2) is 11.9 Å². The summed E-state index contributed by atoms with van der Waals surface area (Å²) in [4.78, 5) is 23.4. The lowest BCUT2D eigenvalue weighted by atomic mass is 10.0. The van der Waals surface area contributed by atoms with Gasteiger partial charge in [-0.2, -0.15) is 5.26 Å². The number of para-hydroxylation sites is 1. The van der Waals surface area contributed by atoms with E-state index in [9.17, 15) is 9.59 Å². The van der Waals surface area contributed by atoms with Crippen molar-refractivity contribution in [3.63, 3.8) is 0 Å². The van der Waals surface area contributed by atoms with Crippen LogP contribution in [0.2, 0.25) is 0 Å². The number of amides is 1. The van der Waals surface area contributed by atoms with E-state index in [1.54, 1.807) is 48.5 Å². The van der Waals surface area contributed by atoms with E-state index in [4.69, 9.17) is 5.26 Å². The molecule has 4 nitrogen and oxygen atoms in total. The first-order valence-corrected chi connectivity index (χ1v) is 5.62. The molecule has 2 rings (SSSR count). The van der Waals surface area contributed by atoms with Crippen molar-refractivity contribution in [1.29, 1.82) is 5.26 Å². The summed E-state index contributed by atoms with van der Waals surface area (Å²) >= 11 is 0. The number of hydrogen-bond acceptors (Lipinski definition) is 3. The molecular formula is C15H10N2O2. The van der Waals surface area contributed by atoms with Gasteiger partial charge >= 0.3 is 5.91 Å². The standard InChI is InChI=1S/C15H10N2O2/c16-10-14(18)17-13-9-5-4-8-12(13)15(19)11-6-2-1-3-7-11/h1-9H,(H,17,18). The Labute approximate surface area is 110 Å². The van der Waals surface area contributed by atoms with Crippen LogP contribution in [0.25, 0.3) is 0 Å². The van der Waals surface area contributed by atoms with Crippen molar-refractivity contribution in [2.24, 2.45) is 0 Å². The normalized spacial score (nSPS) is 9.42. The lowest BCUT2D eigenvalue weighted by molar-refractivity contribution is -0.111. The van der Waals surface area contributed by atoms with Gasteiger partial charge in [0.1, 0.15) is 0 Å². The fourth-order valence-electron chi connectivity index (χ4n) is 1.69. The third-order valence-corrected chi connectivity index (χ3v) is 2.56. The Morgan fingerprint density at radius 3 is 2.26 bits per heavy atom. The number of nitrogens with one attached hydrogen (secondary N) is 1. The Kier molecular flexibility index (Phi) is 3.70. The van der Waals surface area contributed by atoms with Gasteiger partial charge in [-0.3, -0.25) is 9.59 Å². The van der Waals surface area contributed by atoms with E-state index >= 15 is 0 Å². The Balaban J connectivity index is 2.38. The molecule has 0 aromatic heterocycles. The summed E-state index contributed by atoms with van der Waals surface area (Å²) in [5, 5.41) is 10.9. The van der Waals surface area contributed by atoms with Gasteiger partial charge in [0.05, 0.1) is 5.69 Å². The van der Waals surface area contributed by atoms with Gasteiger partial charge in [-0.05, 0) is 12.1 Å². The number of carbonyl (C=O) groups excluding carboxylic acids is 2. The van der Waals surface area contributed by atoms with Crippen molar-refractivity contribution in [3.05, 3.63) is 65.7 Å². The van der Waals surface area contributed by atoms with Crippen molar-refractivity contribution in [1.82, 2.24) is 0 Å². The fraction of sp³-hybridized carbons (Fsp3) is 0. The van der Waals surface area contributed by atoms with E-state index in [1.807, 2.05) is 6.07 Å². The number of nitrogens with zero attached hydrogens (tertiary/aromatic N) is 1. The fourth-order valence-corrected chi connectivity index (χ4v) is 1.69. The maximum Gasteiger partial charge on any atom is 0.326 e. The van der Waals surface area contributed by atoms with Gasteiger partial charge in [-0.25, -0.2) is 0 Å². The number of anilines is 1. The lowest BCUT2D eigenvalue weighted by Gasteiger charge is -2.07. The molecule has 2 aromatic rings. The van der Waals surface area contributed by atoms with Crippen molar-refractivity contribution >= 4 is 17.4 Å². The van der Waals surface area contributed by atoms with E-state index in [0.29, 0.717) is 16.8 Å². The molecule has 0 spiro atoms. The van der Waals surface area contributed by atoms with E-state index < -0.39 is 5.91 Å². The Morgan fingerprint density at radius 2 is 1.58 bits per heavy atom. The molecule has 4 heteroatoms. The number of ketones is 1. The van der Waals surface area contributed by atoms with Gasteiger partial charge in [0.2, 0.25) is 0 Å². The number of rotatable bonds is 3. The summed E-state index contributed by atoms with van der Waals surface area (Å²) in [7, 11) is 0. The highest BCUT2D eigenvalue weighted by atomic mass is 16.1. The van der Waals surface area contributed by atoms with Crippen LogP contribution in [0.15, 0.2) is 54.6 Å². The molecule has 0 saturated carbocycles. The predicted molar refractivity (Wildman–Crippen MR) is 70.6 cm³/mol. The SMILES string of the molecule is N#CC(=O)Nc1ccccc1C(=O)c1ccccc1. The quantitative estimate of drug-likeness (QED) is 0.671. The van der Waals surface area contributed by atoms with Crippen molar-refractivity contribution < 1.29 is 9.59 Å². The summed E-state index contributed by atoms with van der Waals surface area (Å²) in [6.07, 6.45) is 0. The highest BCUT2D eigenvalue weighted by molar-refractivity contribution is 6.14. The number of nitriles is 1. The molecule has 1 amide bonds. The first kappa shape index (κ1) is 12.5. The largest absolute Gasteiger partial charge is 0.326 e. The zero-order valence-corrected chi connectivity index (χ0v) is 9.96. The average Bonchev–Trinajstić information content (AvgIpc) is 2.48. The van der Waals surface area contributed by atoms with Gasteiger partial charge in [-0.15, -0.1) is 0 Å². The minimum atomic E-state index is -0.798. The Morgan fingerprint density at radius 1 is 0.947 bits per heavy atom. The molecule has 0 heterocycles. The van der Waals surface area contributed by atoms with Crippen LogP contribution in [0.3, 0.4) is 0 Å². The van der Waals surface area contributed by atoms with Crippen LogP contribution in [0.4, 0.5) is 5.69 Å². The van der Waals surface area contributed by atoms with Crippen LogP contribution in [0.5, 0.6) is 0 Å². The van der Waals surface area contributed by atoms with Crippen LogP contribution in [0, 0.1) is 11.3 Å². The third-order valence-electron chi connectivity index (χ3n) is 2.56. The van der Waals surface area contributed by atoms with Crippen LogP contribution in [-0.2, 0) is 4.79 Å². The maximum absolute atomic E-state index is 12.3. The van der Waals surface area contributed by atoms with Crippen molar-refractivity contribution in [3.8, 4) is 6.07 Å². The molecule has 0 fully saturated rings. The molecule has 0 aliphatic heterocycles. The monoisotopic (exact) mass is 250 g/mol. The minimum absolute atomic E-state index is 0.200. The zero-order valence-electron chi connectivity index (χ0n) is 9.96. The first-order chi connectivity index (χ1) is 9.22. The van der Waals surface area contributed by atoms with E-state index in [2.05, 4.69) is 5.32 Å². The van der Waals surface area contributed by atoms with Gasteiger partial charge in [0.25, 0.3) is 0 Å². The van der Waals surface area contributed by atoms with E-state index in [-0.39, 0.29) is 5.78 Å². The predicted octanol–water partition coefficient (Wildman–Crippen LogP) is 2.38. The third kappa shape index (κ3) is 2.85. The van der Waals surface area contributed by atoms with Crippen LogP contribution >= 0.6 is 0 Å². The summed E-state index contributed by atoms with van der Waals surface area (Å²) in [6.45, 7) is 0. The molecular weight excluding hydrogens is 240 g/mol. The van der Waals surface area contributed by atoms with Gasteiger partial charge < -0.3 is 5.32 Å². The minimum Gasteiger partial charge on any atom is -0.313 e. The van der Waals surface area contributed by atoms with E-state index in [0.717, 1.165) is 0 Å². The molecule has 0 atom stereocenters. The molecule has 0 radical (unpaired) electrons. The molecule has 2 aromatic carbocycles. The van der Waals surface area contributed by atoms with E-state index in [1.165, 1.54) is 6.07 Å². The molecule has 19 heavy (non-hydrogen) atoms. The Hall–Kier alpha value is -2.93. The van der Waals surface area contributed by atoms with Crippen molar-refractivity contribution in [2.45, 2.75) is 0 Å². The number of benzene rings is 2. The maximum atomic E-state index is 12.3. The van der Waals surface area contributed by atoms with Crippen LogP contribution in [-0.4, -0.2) is 11.7 Å². The molecule has 1 N–H and O–H groups in total. The second kappa shape index (κ2) is 5.61. The number of hydrogen-bond donors (Lipinski definition) is 1. The van der Waals surface area contributed by atoms with Crippen molar-refractivity contribution in [2.75, 3.05) is 5.32 Å². The molecule has 92 valence electrons. The first-order valence-electron chi connectivity index (χ1n) is 5.62. The zero-order chi connectivity index (χ0) is 13.7. The summed E-state index contributed by atoms with van der Waals surface area (Å²) in [6, 6.07) is 16.8.